The van der Waals surface area contributed by atoms with Gasteiger partial charge in [0.15, 0.2) is 0 Å². The quantitative estimate of drug-likeness (QED) is 0.623. The largest absolute Gasteiger partial charge is 0.260 e. The first-order chi connectivity index (χ1) is 8.36. The number of benzene rings is 1. The van der Waals surface area contributed by atoms with Gasteiger partial charge in [-0.2, -0.15) is 13.5 Å². The standard InChI is InChI=1S/C16H15N.H2S/c1-12-15-8-3-2-6-13(15)9-10-14-7-4-5-11-17-16(12)14;/h2-3,5-8,11-12H,9-10H2,1H3;1H2/t12-;/m0./s1. The maximum Gasteiger partial charge on any atom is 0.0514 e. The Morgan fingerprint density at radius 3 is 2.94 bits per heavy atom. The summed E-state index contributed by atoms with van der Waals surface area (Å²) in [5.74, 6) is 0.379. The topological polar surface area (TPSA) is 12.4 Å². The summed E-state index contributed by atoms with van der Waals surface area (Å²) < 4.78 is 0. The van der Waals surface area contributed by atoms with Crippen LogP contribution in [0.3, 0.4) is 0 Å². The SMILES string of the molecule is C[C@@H]1C2=C(C=C=CC=N2)CCc2ccccc21.S. The van der Waals surface area contributed by atoms with Gasteiger partial charge in [0.2, 0.25) is 0 Å². The van der Waals surface area contributed by atoms with E-state index < -0.39 is 0 Å². The second-order valence-corrected chi connectivity index (χ2v) is 4.59. The van der Waals surface area contributed by atoms with Gasteiger partial charge >= 0.3 is 0 Å². The molecule has 0 aromatic heterocycles. The van der Waals surface area contributed by atoms with Crippen molar-refractivity contribution in [1.29, 1.82) is 0 Å². The molecule has 1 atom stereocenters. The van der Waals surface area contributed by atoms with E-state index in [1.807, 2.05) is 12.3 Å². The molecule has 18 heavy (non-hydrogen) atoms. The summed E-state index contributed by atoms with van der Waals surface area (Å²) in [6.45, 7) is 2.25. The summed E-state index contributed by atoms with van der Waals surface area (Å²) in [6, 6.07) is 8.71. The average Bonchev–Trinajstić information content (AvgIpc) is 2.66. The van der Waals surface area contributed by atoms with E-state index in [0.29, 0.717) is 5.92 Å². The zero-order valence-electron chi connectivity index (χ0n) is 10.5. The van der Waals surface area contributed by atoms with Gasteiger partial charge in [-0.25, -0.2) is 0 Å². The molecule has 92 valence electrons. The Morgan fingerprint density at radius 2 is 2.06 bits per heavy atom. The lowest BCUT2D eigenvalue weighted by Gasteiger charge is -2.14. The van der Waals surface area contributed by atoms with Crippen molar-refractivity contribution in [3.05, 3.63) is 64.5 Å². The van der Waals surface area contributed by atoms with Gasteiger partial charge in [-0.1, -0.05) is 31.2 Å². The third-order valence-electron chi connectivity index (χ3n) is 3.57. The van der Waals surface area contributed by atoms with Crippen molar-refractivity contribution in [2.45, 2.75) is 25.7 Å². The molecule has 1 aromatic carbocycles. The van der Waals surface area contributed by atoms with Crippen LogP contribution in [0.5, 0.6) is 0 Å². The number of rotatable bonds is 0. The predicted molar refractivity (Wildman–Crippen MR) is 81.7 cm³/mol. The van der Waals surface area contributed by atoms with Crippen LogP contribution in [0.25, 0.3) is 0 Å². The summed E-state index contributed by atoms with van der Waals surface area (Å²) in [5, 5.41) is 0. The summed E-state index contributed by atoms with van der Waals surface area (Å²) >= 11 is 0. The highest BCUT2D eigenvalue weighted by Crippen LogP contribution is 2.35. The molecule has 0 saturated heterocycles. The number of fused-ring (bicyclic) bond motifs is 1. The summed E-state index contributed by atoms with van der Waals surface area (Å²) in [4.78, 5) is 4.59. The van der Waals surface area contributed by atoms with Gasteiger partial charge in [0.05, 0.1) is 5.70 Å². The molecule has 1 aliphatic heterocycles. The van der Waals surface area contributed by atoms with E-state index in [4.69, 9.17) is 0 Å². The Labute approximate surface area is 115 Å². The lowest BCUT2D eigenvalue weighted by molar-refractivity contribution is 0.870. The van der Waals surface area contributed by atoms with E-state index in [0.717, 1.165) is 12.8 Å². The molecule has 0 saturated carbocycles. The van der Waals surface area contributed by atoms with Gasteiger partial charge in [-0.05, 0) is 41.7 Å². The van der Waals surface area contributed by atoms with Gasteiger partial charge in [0, 0.05) is 12.1 Å². The van der Waals surface area contributed by atoms with Crippen LogP contribution in [-0.4, -0.2) is 6.21 Å². The molecule has 1 heterocycles. The Kier molecular flexibility index (Phi) is 3.90. The lowest BCUT2D eigenvalue weighted by Crippen LogP contribution is -1.99. The second kappa shape index (κ2) is 5.43. The van der Waals surface area contributed by atoms with Crippen molar-refractivity contribution in [2.75, 3.05) is 0 Å². The molecular formula is C16H17NS. The number of aliphatic imine (C=N–C) groups is 1. The summed E-state index contributed by atoms with van der Waals surface area (Å²) in [6.07, 6.45) is 7.99. The monoisotopic (exact) mass is 255 g/mol. The number of allylic oxidation sites excluding steroid dienone is 3. The predicted octanol–water partition coefficient (Wildman–Crippen LogP) is 3.90. The Balaban J connectivity index is 0.00000120. The van der Waals surface area contributed by atoms with Crippen LogP contribution in [0.15, 0.2) is 58.4 Å². The smallest absolute Gasteiger partial charge is 0.0514 e. The number of nitrogens with zero attached hydrogens (tertiary/aromatic N) is 1. The average molecular weight is 255 g/mol. The van der Waals surface area contributed by atoms with Crippen LogP contribution in [0.1, 0.15) is 30.4 Å². The molecule has 3 rings (SSSR count). The first kappa shape index (κ1) is 12.9. The number of aryl methyl sites for hydroxylation is 1. The van der Waals surface area contributed by atoms with Gasteiger partial charge in [-0.3, -0.25) is 4.99 Å². The Hall–Kier alpha value is -1.50. The van der Waals surface area contributed by atoms with E-state index in [9.17, 15) is 0 Å². The maximum absolute atomic E-state index is 4.59. The van der Waals surface area contributed by atoms with Crippen LogP contribution in [-0.2, 0) is 6.42 Å². The van der Waals surface area contributed by atoms with Crippen molar-refractivity contribution in [1.82, 2.24) is 0 Å². The van der Waals surface area contributed by atoms with Crippen molar-refractivity contribution in [2.24, 2.45) is 4.99 Å². The molecular weight excluding hydrogens is 238 g/mol. The number of hydrogen-bond acceptors (Lipinski definition) is 1. The molecule has 2 aliphatic rings. The molecule has 0 spiro atoms. The first-order valence-electron chi connectivity index (χ1n) is 6.12. The van der Waals surface area contributed by atoms with Crippen molar-refractivity contribution >= 4 is 19.7 Å². The van der Waals surface area contributed by atoms with Crippen molar-refractivity contribution in [3.63, 3.8) is 0 Å². The minimum Gasteiger partial charge on any atom is -0.260 e. The van der Waals surface area contributed by atoms with Crippen LogP contribution in [0.4, 0.5) is 0 Å². The zero-order valence-corrected chi connectivity index (χ0v) is 11.5. The van der Waals surface area contributed by atoms with Crippen molar-refractivity contribution < 1.29 is 0 Å². The van der Waals surface area contributed by atoms with Crippen LogP contribution in [0.2, 0.25) is 0 Å². The molecule has 1 aromatic rings. The molecule has 0 N–H and O–H groups in total. The highest BCUT2D eigenvalue weighted by molar-refractivity contribution is 7.59. The minimum atomic E-state index is 0. The highest BCUT2D eigenvalue weighted by Gasteiger charge is 2.21. The first-order valence-corrected chi connectivity index (χ1v) is 6.12. The molecule has 0 radical (unpaired) electrons. The third-order valence-corrected chi connectivity index (χ3v) is 3.57. The molecule has 1 aliphatic carbocycles. The molecule has 0 amide bonds. The fourth-order valence-corrected chi connectivity index (χ4v) is 2.66. The van der Waals surface area contributed by atoms with Crippen molar-refractivity contribution in [3.8, 4) is 0 Å². The molecule has 2 heteroatoms. The normalized spacial score (nSPS) is 20.6. The van der Waals surface area contributed by atoms with E-state index in [1.165, 1.54) is 22.4 Å². The minimum absolute atomic E-state index is 0. The van der Waals surface area contributed by atoms with E-state index in [1.54, 1.807) is 0 Å². The molecule has 1 nitrogen and oxygen atoms in total. The van der Waals surface area contributed by atoms with Gasteiger partial charge in [-0.15, -0.1) is 5.73 Å². The van der Waals surface area contributed by atoms with Crippen LogP contribution >= 0.6 is 13.5 Å². The third kappa shape index (κ3) is 2.22. The fraction of sp³-hybridized carbons (Fsp3) is 0.250. The highest BCUT2D eigenvalue weighted by atomic mass is 32.1. The van der Waals surface area contributed by atoms with E-state index in [-0.39, 0.29) is 13.5 Å². The zero-order chi connectivity index (χ0) is 11.7. The maximum atomic E-state index is 4.59. The van der Waals surface area contributed by atoms with E-state index >= 15 is 0 Å². The lowest BCUT2D eigenvalue weighted by atomic mass is 9.93. The summed E-state index contributed by atoms with van der Waals surface area (Å²) in [7, 11) is 0. The Morgan fingerprint density at radius 1 is 1.22 bits per heavy atom. The second-order valence-electron chi connectivity index (χ2n) is 4.59. The van der Waals surface area contributed by atoms with Gasteiger partial charge < -0.3 is 0 Å². The molecule has 0 fully saturated rings. The fourth-order valence-electron chi connectivity index (χ4n) is 2.66. The molecule has 0 unspecified atom stereocenters. The van der Waals surface area contributed by atoms with Gasteiger partial charge in [0.25, 0.3) is 0 Å². The van der Waals surface area contributed by atoms with Gasteiger partial charge in [0.1, 0.15) is 0 Å². The van der Waals surface area contributed by atoms with Crippen LogP contribution < -0.4 is 0 Å². The Bertz CT molecular complexity index is 575. The molecule has 0 bridgehead atoms. The number of hydrogen-bond donors (Lipinski definition) is 0. The summed E-state index contributed by atoms with van der Waals surface area (Å²) in [5.41, 5.74) is 8.58. The van der Waals surface area contributed by atoms with Crippen LogP contribution in [0, 0.1) is 0 Å². The van der Waals surface area contributed by atoms with E-state index in [2.05, 4.69) is 48.0 Å².